The number of para-hydroxylation sites is 2. The molecule has 0 N–H and O–H groups in total. The minimum absolute atomic E-state index is 0.376. The molecule has 0 fully saturated rings. The molecule has 1 heterocycles. The van der Waals surface area contributed by atoms with Crippen molar-refractivity contribution in [2.75, 3.05) is 4.90 Å². The molecule has 0 atom stereocenters. The van der Waals surface area contributed by atoms with Crippen LogP contribution in [0.25, 0.3) is 0 Å². The van der Waals surface area contributed by atoms with Crippen LogP contribution < -0.4 is 4.90 Å². The van der Waals surface area contributed by atoms with Gasteiger partial charge in [0.15, 0.2) is 0 Å². The van der Waals surface area contributed by atoms with Crippen LogP contribution in [-0.2, 0) is 0 Å². The Morgan fingerprint density at radius 3 is 1.19 bits per heavy atom. The third kappa shape index (κ3) is 6.54. The summed E-state index contributed by atoms with van der Waals surface area (Å²) in [6.45, 7) is 22.0. The number of benzene rings is 2. The first-order chi connectivity index (χ1) is 17.5. The van der Waals surface area contributed by atoms with Gasteiger partial charge in [-0.25, -0.2) is 9.98 Å². The smallest absolute Gasteiger partial charge is 0.112 e. The Balaban J connectivity index is 2.26. The highest BCUT2D eigenvalue weighted by Crippen LogP contribution is 2.37. The molecule has 2 aromatic carbocycles. The van der Waals surface area contributed by atoms with Gasteiger partial charge in [0.25, 0.3) is 0 Å². The van der Waals surface area contributed by atoms with Crippen molar-refractivity contribution in [3.05, 3.63) is 83.2 Å². The molecule has 0 spiro atoms. The zero-order chi connectivity index (χ0) is 27.3. The van der Waals surface area contributed by atoms with Gasteiger partial charge >= 0.3 is 0 Å². The normalized spacial score (nSPS) is 12.8. The van der Waals surface area contributed by atoms with Crippen molar-refractivity contribution in [1.82, 2.24) is 4.98 Å². The molecule has 0 aliphatic rings. The average molecular weight is 497 g/mol. The van der Waals surface area contributed by atoms with Crippen LogP contribution in [0.15, 0.2) is 70.9 Å². The monoisotopic (exact) mass is 496 g/mol. The third-order valence-electron chi connectivity index (χ3n) is 6.80. The van der Waals surface area contributed by atoms with Crippen LogP contribution in [0.5, 0.6) is 0 Å². The number of rotatable bonds is 7. The van der Waals surface area contributed by atoms with E-state index in [1.165, 1.54) is 22.3 Å². The minimum atomic E-state index is 0.376. The van der Waals surface area contributed by atoms with Crippen LogP contribution in [0.1, 0.15) is 115 Å². The van der Waals surface area contributed by atoms with E-state index in [-0.39, 0.29) is 0 Å². The van der Waals surface area contributed by atoms with Crippen molar-refractivity contribution in [3.63, 3.8) is 0 Å². The molecule has 4 nitrogen and oxygen atoms in total. The van der Waals surface area contributed by atoms with Crippen LogP contribution in [-0.4, -0.2) is 16.7 Å². The maximum atomic E-state index is 5.30. The zero-order valence-corrected chi connectivity index (χ0v) is 24.4. The summed E-state index contributed by atoms with van der Waals surface area (Å²) in [4.78, 5) is 17.0. The molecule has 4 heteroatoms. The SMILES string of the molecule is CC(=Nc1c(C(C)C)cccc1C(C)C)N(C(C)=Nc1c(C(C)C)cccc1C(C)C)c1ccncc1. The molecular weight excluding hydrogens is 452 g/mol. The van der Waals surface area contributed by atoms with Crippen molar-refractivity contribution >= 4 is 28.7 Å². The minimum Gasteiger partial charge on any atom is -0.286 e. The molecule has 0 radical (unpaired) electrons. The summed E-state index contributed by atoms with van der Waals surface area (Å²) >= 11 is 0. The lowest BCUT2D eigenvalue weighted by Gasteiger charge is -2.26. The lowest BCUT2D eigenvalue weighted by atomic mass is 9.93. The van der Waals surface area contributed by atoms with E-state index in [0.29, 0.717) is 23.7 Å². The molecule has 1 aromatic heterocycles. The summed E-state index contributed by atoms with van der Waals surface area (Å²) in [5.41, 5.74) is 8.21. The summed E-state index contributed by atoms with van der Waals surface area (Å²) in [5, 5.41) is 0. The Morgan fingerprint density at radius 2 is 0.892 bits per heavy atom. The van der Waals surface area contributed by atoms with Crippen LogP contribution in [0, 0.1) is 0 Å². The fourth-order valence-corrected chi connectivity index (χ4v) is 4.81. The molecule has 3 aromatic rings. The highest BCUT2D eigenvalue weighted by atomic mass is 15.2. The van der Waals surface area contributed by atoms with E-state index >= 15 is 0 Å². The Kier molecular flexibility index (Phi) is 9.42. The standard InChI is InChI=1S/C33H44N4/c1-21(2)28-13-11-14-29(22(3)4)32(28)35-25(9)37(27-17-19-34-20-18-27)26(10)36-33-30(23(5)6)15-12-16-31(33)24(7)8/h11-24H,1-10H3. The highest BCUT2D eigenvalue weighted by Gasteiger charge is 2.20. The lowest BCUT2D eigenvalue weighted by Crippen LogP contribution is -2.33. The molecule has 0 aliphatic heterocycles. The number of anilines is 1. The van der Waals surface area contributed by atoms with Crippen molar-refractivity contribution in [2.45, 2.75) is 92.9 Å². The van der Waals surface area contributed by atoms with E-state index in [0.717, 1.165) is 28.7 Å². The molecule has 37 heavy (non-hydrogen) atoms. The van der Waals surface area contributed by atoms with Crippen LogP contribution in [0.2, 0.25) is 0 Å². The first-order valence-electron chi connectivity index (χ1n) is 13.6. The summed E-state index contributed by atoms with van der Waals surface area (Å²) in [5.74, 6) is 3.27. The number of nitrogens with zero attached hydrogens (tertiary/aromatic N) is 4. The van der Waals surface area contributed by atoms with E-state index < -0.39 is 0 Å². The van der Waals surface area contributed by atoms with Crippen LogP contribution >= 0.6 is 0 Å². The second-order valence-electron chi connectivity index (χ2n) is 11.0. The van der Waals surface area contributed by atoms with Gasteiger partial charge in [0.2, 0.25) is 0 Å². The van der Waals surface area contributed by atoms with Gasteiger partial charge in [-0.1, -0.05) is 91.8 Å². The summed E-state index contributed by atoms with van der Waals surface area (Å²) in [6, 6.07) is 17.2. The number of aromatic nitrogens is 1. The van der Waals surface area contributed by atoms with Crippen molar-refractivity contribution in [2.24, 2.45) is 9.98 Å². The van der Waals surface area contributed by atoms with E-state index in [2.05, 4.69) is 116 Å². The van der Waals surface area contributed by atoms with Gasteiger partial charge in [0, 0.05) is 12.4 Å². The quantitative estimate of drug-likeness (QED) is 0.241. The fraction of sp³-hybridized carbons (Fsp3) is 0.424. The topological polar surface area (TPSA) is 40.9 Å². The van der Waals surface area contributed by atoms with Gasteiger partial charge in [0.1, 0.15) is 11.7 Å². The van der Waals surface area contributed by atoms with Crippen molar-refractivity contribution in [1.29, 1.82) is 0 Å². The zero-order valence-electron chi connectivity index (χ0n) is 24.4. The number of amidine groups is 2. The van der Waals surface area contributed by atoms with Gasteiger partial charge in [-0.05, 0) is 71.9 Å². The first-order valence-corrected chi connectivity index (χ1v) is 13.6. The summed E-state index contributed by atoms with van der Waals surface area (Å²) in [7, 11) is 0. The van der Waals surface area contributed by atoms with Gasteiger partial charge < -0.3 is 0 Å². The highest BCUT2D eigenvalue weighted by molar-refractivity contribution is 6.18. The van der Waals surface area contributed by atoms with Crippen LogP contribution in [0.3, 0.4) is 0 Å². The summed E-state index contributed by atoms with van der Waals surface area (Å²) in [6.07, 6.45) is 3.65. The molecule has 3 rings (SSSR count). The van der Waals surface area contributed by atoms with Crippen LogP contribution in [0.4, 0.5) is 17.1 Å². The Hall–Kier alpha value is -3.27. The predicted molar refractivity (Wildman–Crippen MR) is 161 cm³/mol. The molecule has 0 bridgehead atoms. The third-order valence-corrected chi connectivity index (χ3v) is 6.80. The second-order valence-corrected chi connectivity index (χ2v) is 11.0. The molecule has 0 amide bonds. The molecule has 0 unspecified atom stereocenters. The number of hydrogen-bond acceptors (Lipinski definition) is 3. The molecule has 0 saturated heterocycles. The number of pyridine rings is 1. The Labute approximate surface area is 224 Å². The average Bonchev–Trinajstić information content (AvgIpc) is 2.84. The van der Waals surface area contributed by atoms with E-state index in [4.69, 9.17) is 9.98 Å². The molecular formula is C33H44N4. The number of hydrogen-bond donors (Lipinski definition) is 0. The van der Waals surface area contributed by atoms with Gasteiger partial charge in [-0.15, -0.1) is 0 Å². The van der Waals surface area contributed by atoms with Gasteiger partial charge in [-0.3, -0.25) is 9.88 Å². The van der Waals surface area contributed by atoms with E-state index in [1.54, 1.807) is 0 Å². The first kappa shape index (κ1) is 28.3. The Morgan fingerprint density at radius 1 is 0.568 bits per heavy atom. The molecule has 0 aliphatic carbocycles. The van der Waals surface area contributed by atoms with Crippen molar-refractivity contribution in [3.8, 4) is 0 Å². The molecule has 0 saturated carbocycles. The van der Waals surface area contributed by atoms with Gasteiger partial charge in [-0.2, -0.15) is 0 Å². The second kappa shape index (κ2) is 12.3. The lowest BCUT2D eigenvalue weighted by molar-refractivity contribution is 0.834. The predicted octanol–water partition coefficient (Wildman–Crippen LogP) is 9.88. The molecule has 196 valence electrons. The fourth-order valence-electron chi connectivity index (χ4n) is 4.81. The van der Waals surface area contributed by atoms with E-state index in [9.17, 15) is 0 Å². The maximum Gasteiger partial charge on any atom is 0.112 e. The summed E-state index contributed by atoms with van der Waals surface area (Å²) < 4.78 is 0. The number of aliphatic imine (C=N–C) groups is 2. The van der Waals surface area contributed by atoms with Crippen molar-refractivity contribution < 1.29 is 0 Å². The van der Waals surface area contributed by atoms with Gasteiger partial charge in [0.05, 0.1) is 17.1 Å². The largest absolute Gasteiger partial charge is 0.286 e. The maximum absolute atomic E-state index is 5.30. The Bertz CT molecular complexity index is 1120. The van der Waals surface area contributed by atoms with E-state index in [1.807, 2.05) is 24.5 Å².